The molecule has 4 aromatic rings. The van der Waals surface area contributed by atoms with Crippen LogP contribution in [0, 0.1) is 17.0 Å². The predicted octanol–water partition coefficient (Wildman–Crippen LogP) is 4.84. The Morgan fingerprint density at radius 2 is 1.82 bits per heavy atom. The zero-order valence-electron chi connectivity index (χ0n) is 18.0. The summed E-state index contributed by atoms with van der Waals surface area (Å²) in [6.45, 7) is 2.65. The van der Waals surface area contributed by atoms with Gasteiger partial charge >= 0.3 is 0 Å². The summed E-state index contributed by atoms with van der Waals surface area (Å²) >= 11 is 0. The Bertz CT molecular complexity index is 1270. The maximum atomic E-state index is 13.2. The second-order valence-corrected chi connectivity index (χ2v) is 7.65. The van der Waals surface area contributed by atoms with Crippen molar-refractivity contribution in [3.63, 3.8) is 0 Å². The van der Waals surface area contributed by atoms with Gasteiger partial charge in [0, 0.05) is 42.8 Å². The molecule has 0 aliphatic carbocycles. The first kappa shape index (κ1) is 21.9. The first-order chi connectivity index (χ1) is 16.0. The van der Waals surface area contributed by atoms with E-state index in [2.05, 4.69) is 10.1 Å². The number of nitrogens with zero attached hydrogens (tertiary/aromatic N) is 4. The molecule has 0 aliphatic heterocycles. The molecule has 0 aliphatic rings. The summed E-state index contributed by atoms with van der Waals surface area (Å²) in [5.74, 6) is 0.603. The molecule has 0 spiro atoms. The maximum Gasteiger partial charge on any atom is 0.270 e. The van der Waals surface area contributed by atoms with E-state index >= 15 is 0 Å². The van der Waals surface area contributed by atoms with Crippen LogP contribution in [0.2, 0.25) is 0 Å². The topological polar surface area (TPSA) is 102 Å². The van der Waals surface area contributed by atoms with Gasteiger partial charge in [0.1, 0.15) is 0 Å². The highest BCUT2D eigenvalue weighted by atomic mass is 16.6. The third-order valence-electron chi connectivity index (χ3n) is 5.15. The van der Waals surface area contributed by atoms with Gasteiger partial charge in [-0.15, -0.1) is 0 Å². The minimum atomic E-state index is -0.510. The third kappa shape index (κ3) is 5.48. The minimum absolute atomic E-state index is 0.125. The summed E-state index contributed by atoms with van der Waals surface area (Å²) in [5.41, 5.74) is 3.03. The third-order valence-corrected chi connectivity index (χ3v) is 5.15. The lowest BCUT2D eigenvalue weighted by molar-refractivity contribution is -0.384. The van der Waals surface area contributed by atoms with E-state index in [0.29, 0.717) is 31.2 Å². The van der Waals surface area contributed by atoms with Gasteiger partial charge < -0.3 is 9.42 Å². The van der Waals surface area contributed by atoms with Gasteiger partial charge in [-0.05, 0) is 24.6 Å². The van der Waals surface area contributed by atoms with Crippen molar-refractivity contribution in [2.24, 2.45) is 0 Å². The van der Waals surface area contributed by atoms with Gasteiger partial charge in [0.25, 0.3) is 11.6 Å². The fourth-order valence-electron chi connectivity index (χ4n) is 3.48. The van der Waals surface area contributed by atoms with E-state index in [4.69, 9.17) is 4.52 Å². The molecule has 8 heteroatoms. The Labute approximate surface area is 190 Å². The minimum Gasteiger partial charge on any atom is -0.339 e. The van der Waals surface area contributed by atoms with Gasteiger partial charge in [-0.1, -0.05) is 65.3 Å². The number of hydrogen-bond acceptors (Lipinski definition) is 6. The van der Waals surface area contributed by atoms with Gasteiger partial charge in [0.2, 0.25) is 11.7 Å². The normalized spacial score (nSPS) is 10.7. The van der Waals surface area contributed by atoms with E-state index in [1.54, 1.807) is 11.0 Å². The molecule has 0 atom stereocenters. The summed E-state index contributed by atoms with van der Waals surface area (Å²) in [4.78, 5) is 30.0. The van der Waals surface area contributed by atoms with E-state index in [0.717, 1.165) is 16.7 Å². The predicted molar refractivity (Wildman–Crippen MR) is 122 cm³/mol. The molecule has 0 fully saturated rings. The Morgan fingerprint density at radius 3 is 2.58 bits per heavy atom. The van der Waals surface area contributed by atoms with Crippen LogP contribution in [0.5, 0.6) is 0 Å². The van der Waals surface area contributed by atoms with Crippen LogP contribution < -0.4 is 0 Å². The number of nitro benzene ring substituents is 1. The number of carbonyl (C=O) groups is 1. The first-order valence-corrected chi connectivity index (χ1v) is 10.5. The van der Waals surface area contributed by atoms with Crippen molar-refractivity contribution in [3.8, 4) is 11.4 Å². The molecule has 0 N–H and O–H groups in total. The summed E-state index contributed by atoms with van der Waals surface area (Å²) in [7, 11) is 0. The van der Waals surface area contributed by atoms with Crippen LogP contribution in [0.3, 0.4) is 0 Å². The monoisotopic (exact) mass is 442 g/mol. The van der Waals surface area contributed by atoms with Gasteiger partial charge in [-0.25, -0.2) is 0 Å². The average Bonchev–Trinajstić information content (AvgIpc) is 3.31. The van der Waals surface area contributed by atoms with Crippen LogP contribution in [-0.2, 0) is 13.0 Å². The van der Waals surface area contributed by atoms with Crippen molar-refractivity contribution >= 4 is 11.6 Å². The molecule has 8 nitrogen and oxygen atoms in total. The number of benzene rings is 3. The molecule has 1 amide bonds. The zero-order chi connectivity index (χ0) is 23.2. The number of carbonyl (C=O) groups excluding carboxylic acids is 1. The van der Waals surface area contributed by atoms with E-state index < -0.39 is 4.92 Å². The van der Waals surface area contributed by atoms with E-state index in [1.807, 2.05) is 61.5 Å². The molecule has 33 heavy (non-hydrogen) atoms. The van der Waals surface area contributed by atoms with Crippen molar-refractivity contribution in [2.75, 3.05) is 6.54 Å². The van der Waals surface area contributed by atoms with Gasteiger partial charge in [0.15, 0.2) is 0 Å². The van der Waals surface area contributed by atoms with Crippen molar-refractivity contribution in [1.29, 1.82) is 0 Å². The smallest absolute Gasteiger partial charge is 0.270 e. The van der Waals surface area contributed by atoms with E-state index in [9.17, 15) is 14.9 Å². The Kier molecular flexibility index (Phi) is 6.54. The largest absolute Gasteiger partial charge is 0.339 e. The lowest BCUT2D eigenvalue weighted by Gasteiger charge is -2.22. The highest BCUT2D eigenvalue weighted by Gasteiger charge is 2.20. The van der Waals surface area contributed by atoms with Crippen LogP contribution in [0.15, 0.2) is 83.4 Å². The van der Waals surface area contributed by atoms with Gasteiger partial charge in [-0.2, -0.15) is 4.98 Å². The van der Waals surface area contributed by atoms with Crippen LogP contribution in [-0.4, -0.2) is 32.4 Å². The summed E-state index contributed by atoms with van der Waals surface area (Å²) < 4.78 is 5.41. The molecule has 0 bridgehead atoms. The summed E-state index contributed by atoms with van der Waals surface area (Å²) in [6.07, 6.45) is 0.353. The number of amides is 1. The quantitative estimate of drug-likeness (QED) is 0.286. The summed E-state index contributed by atoms with van der Waals surface area (Å²) in [6, 6.07) is 23.1. The van der Waals surface area contributed by atoms with E-state index in [1.165, 1.54) is 18.2 Å². The van der Waals surface area contributed by atoms with Crippen LogP contribution in [0.25, 0.3) is 11.4 Å². The van der Waals surface area contributed by atoms with Crippen molar-refractivity contribution in [1.82, 2.24) is 15.0 Å². The molecule has 166 valence electrons. The molecule has 0 saturated heterocycles. The number of hydrogen-bond donors (Lipinski definition) is 0. The Balaban J connectivity index is 1.53. The summed E-state index contributed by atoms with van der Waals surface area (Å²) in [5, 5.41) is 15.2. The molecule has 0 unspecified atom stereocenters. The number of aryl methyl sites for hydroxylation is 1. The molecule has 0 saturated carbocycles. The number of rotatable bonds is 8. The van der Waals surface area contributed by atoms with Crippen molar-refractivity contribution < 1.29 is 14.2 Å². The first-order valence-electron chi connectivity index (χ1n) is 10.5. The average molecular weight is 442 g/mol. The number of aromatic nitrogens is 2. The van der Waals surface area contributed by atoms with Crippen LogP contribution in [0.4, 0.5) is 5.69 Å². The Morgan fingerprint density at radius 1 is 1.03 bits per heavy atom. The van der Waals surface area contributed by atoms with Crippen molar-refractivity contribution in [2.45, 2.75) is 19.9 Å². The Hall–Kier alpha value is -4.33. The highest BCUT2D eigenvalue weighted by molar-refractivity contribution is 5.94. The lowest BCUT2D eigenvalue weighted by atomic mass is 10.1. The molecule has 1 heterocycles. The maximum absolute atomic E-state index is 13.2. The fraction of sp³-hybridized carbons (Fsp3) is 0.160. The van der Waals surface area contributed by atoms with E-state index in [-0.39, 0.29) is 17.2 Å². The second-order valence-electron chi connectivity index (χ2n) is 7.65. The van der Waals surface area contributed by atoms with Gasteiger partial charge in [-0.3, -0.25) is 14.9 Å². The van der Waals surface area contributed by atoms with Crippen LogP contribution >= 0.6 is 0 Å². The molecule has 3 aromatic carbocycles. The van der Waals surface area contributed by atoms with Crippen molar-refractivity contribution in [3.05, 3.63) is 112 Å². The molecule has 1 aromatic heterocycles. The highest BCUT2D eigenvalue weighted by Crippen LogP contribution is 2.19. The lowest BCUT2D eigenvalue weighted by Crippen LogP contribution is -2.32. The molecular weight excluding hydrogens is 420 g/mol. The zero-order valence-corrected chi connectivity index (χ0v) is 18.0. The van der Waals surface area contributed by atoms with Crippen LogP contribution in [0.1, 0.15) is 27.4 Å². The number of non-ortho nitro benzene ring substituents is 1. The standard InChI is InChI=1S/C25H22N4O4/c1-18-7-5-10-20(15-18)24-26-23(33-27-24)13-14-28(17-19-8-3-2-4-9-19)25(30)21-11-6-12-22(16-21)29(31)32/h2-12,15-16H,13-14,17H2,1H3. The second kappa shape index (κ2) is 9.86. The molecule has 0 radical (unpaired) electrons. The SMILES string of the molecule is Cc1cccc(-c2noc(CCN(Cc3ccccc3)C(=O)c3cccc([N+](=O)[O-])c3)n2)c1. The van der Waals surface area contributed by atoms with Gasteiger partial charge in [0.05, 0.1) is 4.92 Å². The molecule has 4 rings (SSSR count). The number of nitro groups is 1. The molecular formula is C25H22N4O4. The fourth-order valence-corrected chi connectivity index (χ4v) is 3.48.